The van der Waals surface area contributed by atoms with Gasteiger partial charge in [-0.25, -0.2) is 9.18 Å². The SMILES string of the molecule is CC(C)c1ccc(NC(=O)N2CCS[C@]23C(=O)N(Cc2ccccc2)c2ccc(F)cc23)cc1. The van der Waals surface area contributed by atoms with Crippen LogP contribution in [0.15, 0.2) is 72.8 Å². The molecular weight excluding hydrogens is 449 g/mol. The smallest absolute Gasteiger partial charge is 0.308 e. The molecule has 1 fully saturated rings. The Morgan fingerprint density at radius 2 is 1.82 bits per heavy atom. The van der Waals surface area contributed by atoms with Crippen LogP contribution in [0.5, 0.6) is 0 Å². The van der Waals surface area contributed by atoms with Crippen molar-refractivity contribution in [3.63, 3.8) is 0 Å². The lowest BCUT2D eigenvalue weighted by atomic mass is 10.0. The standard InChI is InChI=1S/C27H26FN3O2S/c1-18(2)20-8-11-22(12-9-20)29-26(33)31-14-15-34-27(31)23-16-21(28)10-13-24(23)30(25(27)32)17-19-6-4-3-5-7-19/h3-13,16,18H,14-15,17H2,1-2H3,(H,29,33)/t27-/m1/s1. The Morgan fingerprint density at radius 3 is 2.53 bits per heavy atom. The molecule has 7 heteroatoms. The first kappa shape index (κ1) is 22.5. The zero-order valence-corrected chi connectivity index (χ0v) is 19.9. The minimum Gasteiger partial charge on any atom is -0.308 e. The quantitative estimate of drug-likeness (QED) is 0.509. The number of benzene rings is 3. The number of anilines is 2. The number of hydrogen-bond donors (Lipinski definition) is 1. The van der Waals surface area contributed by atoms with Gasteiger partial charge in [-0.2, -0.15) is 0 Å². The topological polar surface area (TPSA) is 52.7 Å². The van der Waals surface area contributed by atoms with Crippen LogP contribution >= 0.6 is 11.8 Å². The van der Waals surface area contributed by atoms with Crippen LogP contribution in [0.4, 0.5) is 20.6 Å². The number of carbonyl (C=O) groups is 2. The number of urea groups is 1. The van der Waals surface area contributed by atoms with E-state index in [4.69, 9.17) is 0 Å². The molecule has 2 heterocycles. The number of rotatable bonds is 4. The zero-order chi connectivity index (χ0) is 23.9. The lowest BCUT2D eigenvalue weighted by Gasteiger charge is -2.33. The van der Waals surface area contributed by atoms with Crippen molar-refractivity contribution in [3.8, 4) is 0 Å². The number of nitrogens with one attached hydrogen (secondary N) is 1. The highest BCUT2D eigenvalue weighted by atomic mass is 32.2. The van der Waals surface area contributed by atoms with Crippen molar-refractivity contribution in [1.29, 1.82) is 0 Å². The normalized spacial score (nSPS) is 19.2. The Bertz CT molecular complexity index is 1230. The first-order valence-electron chi connectivity index (χ1n) is 11.4. The van der Waals surface area contributed by atoms with Gasteiger partial charge in [0.1, 0.15) is 5.82 Å². The van der Waals surface area contributed by atoms with Gasteiger partial charge in [0.25, 0.3) is 5.91 Å². The molecule has 3 aromatic carbocycles. The van der Waals surface area contributed by atoms with E-state index in [-0.39, 0.29) is 11.9 Å². The Hall–Kier alpha value is -3.32. The third-order valence-corrected chi connectivity index (χ3v) is 7.83. The molecule has 0 aromatic heterocycles. The molecule has 3 aromatic rings. The summed E-state index contributed by atoms with van der Waals surface area (Å²) in [6.45, 7) is 4.97. The van der Waals surface area contributed by atoms with Gasteiger partial charge in [-0.1, -0.05) is 56.3 Å². The molecule has 0 aliphatic carbocycles. The fourth-order valence-corrected chi connectivity index (χ4v) is 6.10. The summed E-state index contributed by atoms with van der Waals surface area (Å²) in [6, 6.07) is 21.4. The number of amides is 3. The molecule has 5 nitrogen and oxygen atoms in total. The molecule has 2 aliphatic rings. The van der Waals surface area contributed by atoms with Crippen LogP contribution in [0.1, 0.15) is 36.5 Å². The van der Waals surface area contributed by atoms with Gasteiger partial charge >= 0.3 is 6.03 Å². The summed E-state index contributed by atoms with van der Waals surface area (Å²) in [6.07, 6.45) is 0. The molecule has 1 N–H and O–H groups in total. The molecule has 34 heavy (non-hydrogen) atoms. The Labute approximate surface area is 202 Å². The van der Waals surface area contributed by atoms with E-state index in [1.807, 2.05) is 54.6 Å². The monoisotopic (exact) mass is 475 g/mol. The van der Waals surface area contributed by atoms with Gasteiger partial charge in [-0.15, -0.1) is 11.8 Å². The van der Waals surface area contributed by atoms with E-state index in [9.17, 15) is 14.0 Å². The second kappa shape index (κ2) is 8.80. The van der Waals surface area contributed by atoms with E-state index in [1.54, 1.807) is 15.9 Å². The second-order valence-electron chi connectivity index (χ2n) is 8.89. The number of halogens is 1. The summed E-state index contributed by atoms with van der Waals surface area (Å²) in [5.41, 5.74) is 3.98. The van der Waals surface area contributed by atoms with Gasteiger partial charge < -0.3 is 10.2 Å². The van der Waals surface area contributed by atoms with Crippen molar-refractivity contribution in [2.45, 2.75) is 31.2 Å². The minimum atomic E-state index is -1.28. The van der Waals surface area contributed by atoms with Crippen LogP contribution in [0.3, 0.4) is 0 Å². The summed E-state index contributed by atoms with van der Waals surface area (Å²) in [7, 11) is 0. The zero-order valence-electron chi connectivity index (χ0n) is 19.1. The van der Waals surface area contributed by atoms with E-state index >= 15 is 0 Å². The van der Waals surface area contributed by atoms with Crippen LogP contribution in [0.25, 0.3) is 0 Å². The molecule has 0 unspecified atom stereocenters. The lowest BCUT2D eigenvalue weighted by Crippen LogP contribution is -2.51. The van der Waals surface area contributed by atoms with Gasteiger partial charge in [0.2, 0.25) is 0 Å². The van der Waals surface area contributed by atoms with E-state index in [1.165, 1.54) is 29.5 Å². The summed E-state index contributed by atoms with van der Waals surface area (Å²) in [5.74, 6) is 0.330. The van der Waals surface area contributed by atoms with Crippen LogP contribution in [-0.2, 0) is 16.2 Å². The largest absolute Gasteiger partial charge is 0.323 e. The van der Waals surface area contributed by atoms with Gasteiger partial charge in [0.15, 0.2) is 4.87 Å². The van der Waals surface area contributed by atoms with E-state index in [2.05, 4.69) is 19.2 Å². The predicted molar refractivity (Wildman–Crippen MR) is 134 cm³/mol. The summed E-state index contributed by atoms with van der Waals surface area (Å²) >= 11 is 1.39. The number of carbonyl (C=O) groups excluding carboxylic acids is 2. The fraction of sp³-hybridized carbons (Fsp3) is 0.259. The Balaban J connectivity index is 1.49. The van der Waals surface area contributed by atoms with Crippen LogP contribution in [0.2, 0.25) is 0 Å². The molecule has 3 amide bonds. The Kier molecular flexibility index (Phi) is 5.81. The van der Waals surface area contributed by atoms with Gasteiger partial charge in [-0.3, -0.25) is 9.69 Å². The fourth-order valence-electron chi connectivity index (χ4n) is 4.65. The van der Waals surface area contributed by atoms with Gasteiger partial charge in [0, 0.05) is 23.5 Å². The van der Waals surface area contributed by atoms with E-state index < -0.39 is 10.7 Å². The predicted octanol–water partition coefficient (Wildman–Crippen LogP) is 5.93. The maximum absolute atomic E-state index is 14.4. The first-order valence-corrected chi connectivity index (χ1v) is 12.4. The summed E-state index contributed by atoms with van der Waals surface area (Å²) in [4.78, 5) is 29.3. The van der Waals surface area contributed by atoms with Gasteiger partial charge in [-0.05, 0) is 47.4 Å². The highest BCUT2D eigenvalue weighted by Crippen LogP contribution is 2.54. The molecule has 174 valence electrons. The third-order valence-electron chi connectivity index (χ3n) is 6.41. The van der Waals surface area contributed by atoms with Crippen molar-refractivity contribution >= 4 is 35.1 Å². The summed E-state index contributed by atoms with van der Waals surface area (Å²) in [5, 5.41) is 2.94. The highest BCUT2D eigenvalue weighted by Gasteiger charge is 2.59. The molecule has 2 aliphatic heterocycles. The van der Waals surface area contributed by atoms with Crippen LogP contribution < -0.4 is 10.2 Å². The maximum atomic E-state index is 14.4. The van der Waals surface area contributed by atoms with Crippen molar-refractivity contribution in [3.05, 3.63) is 95.3 Å². The van der Waals surface area contributed by atoms with E-state index in [0.717, 1.165) is 5.56 Å². The lowest BCUT2D eigenvalue weighted by molar-refractivity contribution is -0.123. The average Bonchev–Trinajstić information content (AvgIpc) is 3.37. The molecule has 1 spiro atoms. The van der Waals surface area contributed by atoms with Crippen molar-refractivity contribution in [2.75, 3.05) is 22.5 Å². The number of nitrogens with zero attached hydrogens (tertiary/aromatic N) is 2. The minimum absolute atomic E-state index is 0.218. The number of thioether (sulfide) groups is 1. The molecule has 0 saturated carbocycles. The molecule has 0 radical (unpaired) electrons. The third kappa shape index (κ3) is 3.74. The molecule has 1 saturated heterocycles. The van der Waals surface area contributed by atoms with Gasteiger partial charge in [0.05, 0.1) is 12.2 Å². The number of fused-ring (bicyclic) bond motifs is 2. The van der Waals surface area contributed by atoms with Crippen molar-refractivity contribution < 1.29 is 14.0 Å². The maximum Gasteiger partial charge on any atom is 0.323 e. The van der Waals surface area contributed by atoms with Crippen molar-refractivity contribution in [1.82, 2.24) is 4.90 Å². The Morgan fingerprint density at radius 1 is 1.09 bits per heavy atom. The molecule has 1 atom stereocenters. The van der Waals surface area contributed by atoms with Crippen LogP contribution in [0, 0.1) is 5.82 Å². The molecule has 0 bridgehead atoms. The van der Waals surface area contributed by atoms with E-state index in [0.29, 0.717) is 41.7 Å². The number of hydrogen-bond acceptors (Lipinski definition) is 3. The first-order chi connectivity index (χ1) is 16.4. The average molecular weight is 476 g/mol. The molecular formula is C27H26FN3O2S. The highest BCUT2D eigenvalue weighted by molar-refractivity contribution is 8.01. The second-order valence-corrected chi connectivity index (χ2v) is 10.2. The van der Waals surface area contributed by atoms with Crippen LogP contribution in [-0.4, -0.2) is 29.1 Å². The molecule has 5 rings (SSSR count). The summed E-state index contributed by atoms with van der Waals surface area (Å²) < 4.78 is 14.4. The van der Waals surface area contributed by atoms with Crippen molar-refractivity contribution in [2.24, 2.45) is 0 Å².